The molecule has 3 nitrogen and oxygen atoms in total. The molecule has 0 unspecified atom stereocenters. The molecule has 0 atom stereocenters. The van der Waals surface area contributed by atoms with E-state index in [1.807, 2.05) is 19.9 Å². The lowest BCUT2D eigenvalue weighted by molar-refractivity contribution is 0.101. The summed E-state index contributed by atoms with van der Waals surface area (Å²) in [6, 6.07) is 11.2. The lowest BCUT2D eigenvalue weighted by Crippen LogP contribution is -2.16. The average Bonchev–Trinajstić information content (AvgIpc) is 3.16. The highest BCUT2D eigenvalue weighted by atomic mass is 19.1. The highest BCUT2D eigenvalue weighted by molar-refractivity contribution is 6.04. The number of anilines is 1. The minimum atomic E-state index is -0.905. The minimum absolute atomic E-state index is 0.241. The summed E-state index contributed by atoms with van der Waals surface area (Å²) in [6.45, 7) is 6.07. The quantitative estimate of drug-likeness (QED) is 0.583. The Morgan fingerprint density at radius 2 is 1.66 bits per heavy atom. The van der Waals surface area contributed by atoms with E-state index in [4.69, 9.17) is 0 Å². The minimum Gasteiger partial charge on any atom is -0.306 e. The fourth-order valence-corrected chi connectivity index (χ4v) is 3.58. The maximum atomic E-state index is 13.7. The molecule has 1 amide bonds. The van der Waals surface area contributed by atoms with Crippen molar-refractivity contribution in [3.05, 3.63) is 82.5 Å². The molecule has 0 bridgehead atoms. The Hall–Kier alpha value is -3.08. The summed E-state index contributed by atoms with van der Waals surface area (Å²) in [4.78, 5) is 16.4. The number of hydrogen-bond acceptors (Lipinski definition) is 2. The molecular formula is C24H24F2N2O. The highest BCUT2D eigenvalue weighted by Crippen LogP contribution is 2.31. The van der Waals surface area contributed by atoms with E-state index >= 15 is 0 Å². The van der Waals surface area contributed by atoms with Crippen LogP contribution in [0.2, 0.25) is 0 Å². The molecule has 1 heterocycles. The summed E-state index contributed by atoms with van der Waals surface area (Å²) in [6.07, 6.45) is 5.08. The summed E-state index contributed by atoms with van der Waals surface area (Å²) < 4.78 is 27.4. The molecule has 29 heavy (non-hydrogen) atoms. The van der Waals surface area contributed by atoms with Crippen LogP contribution in [0.1, 0.15) is 47.3 Å². The van der Waals surface area contributed by atoms with Crippen LogP contribution in [0.4, 0.5) is 14.6 Å². The van der Waals surface area contributed by atoms with Crippen LogP contribution >= 0.6 is 0 Å². The largest absolute Gasteiger partial charge is 0.306 e. The molecule has 0 saturated heterocycles. The molecule has 0 saturated carbocycles. The van der Waals surface area contributed by atoms with Crippen molar-refractivity contribution in [1.82, 2.24) is 4.98 Å². The van der Waals surface area contributed by atoms with Gasteiger partial charge in [-0.15, -0.1) is 0 Å². The van der Waals surface area contributed by atoms with Crippen LogP contribution in [-0.2, 0) is 12.8 Å². The number of carbonyl (C=O) groups excluding carboxylic acids is 1. The standard InChI is InChI=1S/C22H18F2N2O.C2H6/c1-13-10-14-4-2-5-15(14)11-17(13)16-8-9-20(25-12-16)26-22(27)21-18(23)6-3-7-19(21)24;1-2/h3,6-12H,2,4-5H2,1H3,(H,25,26,27);1-2H3. The molecular weight excluding hydrogens is 370 g/mol. The topological polar surface area (TPSA) is 42.0 Å². The monoisotopic (exact) mass is 394 g/mol. The number of hydrogen-bond donors (Lipinski definition) is 1. The van der Waals surface area contributed by atoms with E-state index in [9.17, 15) is 13.6 Å². The number of nitrogens with one attached hydrogen (secondary N) is 1. The number of pyridine rings is 1. The van der Waals surface area contributed by atoms with Gasteiger partial charge in [-0.2, -0.15) is 0 Å². The molecule has 1 aromatic heterocycles. The van der Waals surface area contributed by atoms with Crippen LogP contribution < -0.4 is 5.32 Å². The van der Waals surface area contributed by atoms with E-state index in [0.717, 1.165) is 36.1 Å². The Labute approximate surface area is 169 Å². The number of fused-ring (bicyclic) bond motifs is 1. The summed E-state index contributed by atoms with van der Waals surface area (Å²) in [7, 11) is 0. The first-order chi connectivity index (χ1) is 14.0. The average molecular weight is 394 g/mol. The predicted molar refractivity (Wildman–Crippen MR) is 112 cm³/mol. The normalized spacial score (nSPS) is 12.0. The van der Waals surface area contributed by atoms with E-state index in [-0.39, 0.29) is 5.82 Å². The lowest BCUT2D eigenvalue weighted by atomic mass is 9.96. The van der Waals surface area contributed by atoms with Crippen molar-refractivity contribution >= 4 is 11.7 Å². The maximum absolute atomic E-state index is 13.7. The van der Waals surface area contributed by atoms with Gasteiger partial charge in [-0.3, -0.25) is 4.79 Å². The smallest absolute Gasteiger partial charge is 0.262 e. The molecule has 0 fully saturated rings. The van der Waals surface area contributed by atoms with Crippen molar-refractivity contribution in [2.24, 2.45) is 0 Å². The van der Waals surface area contributed by atoms with Gasteiger partial charge in [-0.25, -0.2) is 13.8 Å². The van der Waals surface area contributed by atoms with E-state index in [1.54, 1.807) is 12.3 Å². The van der Waals surface area contributed by atoms with Crippen LogP contribution in [0.15, 0.2) is 48.7 Å². The van der Waals surface area contributed by atoms with Gasteiger partial charge in [0.05, 0.1) is 0 Å². The fraction of sp³-hybridized carbons (Fsp3) is 0.250. The van der Waals surface area contributed by atoms with Gasteiger partial charge in [0, 0.05) is 11.8 Å². The third-order valence-corrected chi connectivity index (χ3v) is 4.94. The van der Waals surface area contributed by atoms with Gasteiger partial charge >= 0.3 is 0 Å². The first kappa shape index (κ1) is 20.6. The Balaban J connectivity index is 0.00000117. The van der Waals surface area contributed by atoms with Crippen molar-refractivity contribution in [1.29, 1.82) is 0 Å². The predicted octanol–water partition coefficient (Wildman–Crippen LogP) is 6.10. The summed E-state index contributed by atoms with van der Waals surface area (Å²) in [5.74, 6) is -2.43. The molecule has 1 aliphatic carbocycles. The highest BCUT2D eigenvalue weighted by Gasteiger charge is 2.18. The Morgan fingerprint density at radius 1 is 1.00 bits per heavy atom. The zero-order chi connectivity index (χ0) is 21.0. The third kappa shape index (κ3) is 4.34. The molecule has 2 aromatic carbocycles. The number of aromatic nitrogens is 1. The number of carbonyl (C=O) groups is 1. The Morgan fingerprint density at radius 3 is 2.28 bits per heavy atom. The van der Waals surface area contributed by atoms with Gasteiger partial charge in [0.1, 0.15) is 23.0 Å². The van der Waals surface area contributed by atoms with Gasteiger partial charge in [0.25, 0.3) is 5.91 Å². The van der Waals surface area contributed by atoms with Crippen molar-refractivity contribution in [2.45, 2.75) is 40.0 Å². The second-order valence-electron chi connectivity index (χ2n) is 6.77. The zero-order valence-electron chi connectivity index (χ0n) is 16.9. The van der Waals surface area contributed by atoms with Gasteiger partial charge in [0.2, 0.25) is 0 Å². The fourth-order valence-electron chi connectivity index (χ4n) is 3.58. The number of benzene rings is 2. The molecule has 1 aliphatic rings. The first-order valence-electron chi connectivity index (χ1n) is 9.87. The van der Waals surface area contributed by atoms with Crippen LogP contribution in [0.5, 0.6) is 0 Å². The van der Waals surface area contributed by atoms with Crippen LogP contribution in [0.25, 0.3) is 11.1 Å². The Bertz CT molecular complexity index is 1010. The molecule has 3 aromatic rings. The number of halogens is 2. The number of rotatable bonds is 3. The van der Waals surface area contributed by atoms with Crippen molar-refractivity contribution in [2.75, 3.05) is 5.32 Å². The van der Waals surface area contributed by atoms with Gasteiger partial charge in [-0.1, -0.05) is 32.0 Å². The van der Waals surface area contributed by atoms with E-state index in [1.165, 1.54) is 29.2 Å². The second kappa shape index (κ2) is 8.95. The van der Waals surface area contributed by atoms with Crippen LogP contribution in [-0.4, -0.2) is 10.9 Å². The first-order valence-corrected chi connectivity index (χ1v) is 9.87. The van der Waals surface area contributed by atoms with E-state index in [2.05, 4.69) is 29.4 Å². The molecule has 5 heteroatoms. The Kier molecular flexibility index (Phi) is 6.37. The third-order valence-electron chi connectivity index (χ3n) is 4.94. The van der Waals surface area contributed by atoms with Gasteiger partial charge < -0.3 is 5.32 Å². The van der Waals surface area contributed by atoms with Crippen molar-refractivity contribution in [3.63, 3.8) is 0 Å². The maximum Gasteiger partial charge on any atom is 0.262 e. The summed E-state index contributed by atoms with van der Waals surface area (Å²) in [5, 5.41) is 2.44. The van der Waals surface area contributed by atoms with Crippen molar-refractivity contribution in [3.8, 4) is 11.1 Å². The molecule has 0 aliphatic heterocycles. The second-order valence-corrected chi connectivity index (χ2v) is 6.77. The van der Waals surface area contributed by atoms with Gasteiger partial charge in [0.15, 0.2) is 0 Å². The summed E-state index contributed by atoms with van der Waals surface area (Å²) in [5.41, 5.74) is 5.42. The molecule has 0 spiro atoms. The zero-order valence-corrected chi connectivity index (χ0v) is 16.9. The SMILES string of the molecule is CC.Cc1cc2c(cc1-c1ccc(NC(=O)c3c(F)cccc3F)nc1)CCC2. The number of aryl methyl sites for hydroxylation is 3. The van der Waals surface area contributed by atoms with Crippen LogP contribution in [0.3, 0.4) is 0 Å². The van der Waals surface area contributed by atoms with Crippen LogP contribution in [0, 0.1) is 18.6 Å². The van der Waals surface area contributed by atoms with E-state index in [0.29, 0.717) is 0 Å². The number of amides is 1. The number of nitrogens with zero attached hydrogens (tertiary/aromatic N) is 1. The van der Waals surface area contributed by atoms with Crippen molar-refractivity contribution < 1.29 is 13.6 Å². The lowest BCUT2D eigenvalue weighted by Gasteiger charge is -2.11. The molecule has 4 rings (SSSR count). The molecule has 150 valence electrons. The molecule has 0 radical (unpaired) electrons. The van der Waals surface area contributed by atoms with E-state index < -0.39 is 23.1 Å². The summed E-state index contributed by atoms with van der Waals surface area (Å²) >= 11 is 0. The van der Waals surface area contributed by atoms with Gasteiger partial charge in [-0.05, 0) is 72.7 Å². The molecule has 1 N–H and O–H groups in total.